The average molecular weight is 240 g/mol. The largest absolute Gasteiger partial charge is 0.508 e. The highest BCUT2D eigenvalue weighted by molar-refractivity contribution is 6.30. The molecule has 2 nitrogen and oxygen atoms in total. The van der Waals surface area contributed by atoms with Gasteiger partial charge in [-0.25, -0.2) is 0 Å². The summed E-state index contributed by atoms with van der Waals surface area (Å²) in [7, 11) is 0. The number of hydrogen-bond donors (Lipinski definition) is 2. The zero-order chi connectivity index (χ0) is 11.5. The Morgan fingerprint density at radius 3 is 2.88 bits per heavy atom. The van der Waals surface area contributed by atoms with Crippen molar-refractivity contribution in [2.24, 2.45) is 5.92 Å². The predicted molar refractivity (Wildman–Crippen MR) is 66.8 cm³/mol. The maximum atomic E-state index is 9.66. The van der Waals surface area contributed by atoms with Crippen LogP contribution >= 0.6 is 11.6 Å². The summed E-state index contributed by atoms with van der Waals surface area (Å²) in [6, 6.07) is 5.69. The first-order chi connectivity index (χ1) is 7.66. The number of phenols is 1. The third-order valence-electron chi connectivity index (χ3n) is 3.51. The number of phenolic OH excluding ortho intramolecular Hbond substituents is 1. The highest BCUT2D eigenvalue weighted by Gasteiger charge is 2.23. The molecule has 0 heterocycles. The van der Waals surface area contributed by atoms with Crippen molar-refractivity contribution in [2.45, 2.75) is 38.8 Å². The number of nitrogens with one attached hydrogen (secondary N) is 1. The Balaban J connectivity index is 1.90. The molecule has 2 rings (SSSR count). The highest BCUT2D eigenvalue weighted by atomic mass is 35.5. The zero-order valence-electron chi connectivity index (χ0n) is 9.54. The molecular weight excluding hydrogens is 222 g/mol. The first-order valence-corrected chi connectivity index (χ1v) is 6.25. The monoisotopic (exact) mass is 239 g/mol. The molecule has 0 radical (unpaired) electrons. The summed E-state index contributed by atoms with van der Waals surface area (Å²) in [6.45, 7) is 2.90. The maximum Gasteiger partial charge on any atom is 0.120 e. The summed E-state index contributed by atoms with van der Waals surface area (Å²) >= 11 is 5.89. The fraction of sp³-hybridized carbons (Fsp3) is 0.538. The third kappa shape index (κ3) is 2.69. The van der Waals surface area contributed by atoms with E-state index in [4.69, 9.17) is 11.6 Å². The topological polar surface area (TPSA) is 32.3 Å². The van der Waals surface area contributed by atoms with E-state index in [9.17, 15) is 5.11 Å². The van der Waals surface area contributed by atoms with E-state index in [1.807, 2.05) is 6.07 Å². The number of aromatic hydroxyl groups is 1. The molecule has 0 spiro atoms. The van der Waals surface area contributed by atoms with E-state index in [2.05, 4.69) is 12.2 Å². The van der Waals surface area contributed by atoms with Gasteiger partial charge in [0.2, 0.25) is 0 Å². The van der Waals surface area contributed by atoms with Crippen molar-refractivity contribution in [3.05, 3.63) is 28.8 Å². The van der Waals surface area contributed by atoms with Gasteiger partial charge < -0.3 is 10.4 Å². The van der Waals surface area contributed by atoms with Gasteiger partial charge in [0.05, 0.1) is 0 Å². The average Bonchev–Trinajstić information content (AvgIpc) is 2.17. The van der Waals surface area contributed by atoms with Gasteiger partial charge in [0.25, 0.3) is 0 Å². The molecule has 1 unspecified atom stereocenters. The lowest BCUT2D eigenvalue weighted by atomic mass is 9.80. The first-order valence-electron chi connectivity index (χ1n) is 5.87. The highest BCUT2D eigenvalue weighted by Crippen LogP contribution is 2.30. The van der Waals surface area contributed by atoms with Gasteiger partial charge in [0, 0.05) is 23.2 Å². The van der Waals surface area contributed by atoms with Crippen molar-refractivity contribution < 1.29 is 5.11 Å². The molecule has 0 bridgehead atoms. The molecule has 0 saturated heterocycles. The third-order valence-corrected chi connectivity index (χ3v) is 3.75. The van der Waals surface area contributed by atoms with E-state index in [1.165, 1.54) is 19.3 Å². The molecule has 1 aliphatic rings. The van der Waals surface area contributed by atoms with Crippen LogP contribution < -0.4 is 5.32 Å². The van der Waals surface area contributed by atoms with Gasteiger partial charge in [-0.2, -0.15) is 0 Å². The molecule has 0 aromatic heterocycles. The second-order valence-electron chi connectivity index (χ2n) is 4.63. The summed E-state index contributed by atoms with van der Waals surface area (Å²) in [6.07, 6.45) is 4.02. The Labute approximate surface area is 102 Å². The summed E-state index contributed by atoms with van der Waals surface area (Å²) in [5.41, 5.74) is 0.874. The van der Waals surface area contributed by atoms with Gasteiger partial charge in [0.15, 0.2) is 0 Å². The Bertz CT molecular complexity index is 363. The lowest BCUT2D eigenvalue weighted by Gasteiger charge is -2.32. The predicted octanol–water partition coefficient (Wildman–Crippen LogP) is 3.32. The van der Waals surface area contributed by atoms with E-state index < -0.39 is 0 Å². The van der Waals surface area contributed by atoms with Gasteiger partial charge in [0.1, 0.15) is 5.75 Å². The van der Waals surface area contributed by atoms with Crippen molar-refractivity contribution in [2.75, 3.05) is 0 Å². The fourth-order valence-electron chi connectivity index (χ4n) is 2.07. The zero-order valence-corrected chi connectivity index (χ0v) is 10.3. The molecule has 16 heavy (non-hydrogen) atoms. The second kappa shape index (κ2) is 5.07. The van der Waals surface area contributed by atoms with Crippen LogP contribution in [0.5, 0.6) is 5.75 Å². The Kier molecular flexibility index (Phi) is 3.72. The Morgan fingerprint density at radius 1 is 1.50 bits per heavy atom. The summed E-state index contributed by atoms with van der Waals surface area (Å²) in [4.78, 5) is 0. The van der Waals surface area contributed by atoms with Gasteiger partial charge in [-0.05, 0) is 43.9 Å². The Morgan fingerprint density at radius 2 is 2.25 bits per heavy atom. The van der Waals surface area contributed by atoms with Crippen LogP contribution in [-0.4, -0.2) is 11.1 Å². The van der Waals surface area contributed by atoms with E-state index in [-0.39, 0.29) is 0 Å². The second-order valence-corrected chi connectivity index (χ2v) is 5.07. The van der Waals surface area contributed by atoms with Crippen LogP contribution in [0.15, 0.2) is 18.2 Å². The molecule has 1 atom stereocenters. The van der Waals surface area contributed by atoms with Crippen molar-refractivity contribution in [3.8, 4) is 5.75 Å². The molecule has 1 fully saturated rings. The summed E-state index contributed by atoms with van der Waals surface area (Å²) in [5, 5.41) is 13.8. The van der Waals surface area contributed by atoms with Crippen LogP contribution in [0.4, 0.5) is 0 Å². The fourth-order valence-corrected chi connectivity index (χ4v) is 2.27. The summed E-state index contributed by atoms with van der Waals surface area (Å²) in [5.74, 6) is 1.12. The molecule has 0 amide bonds. The molecule has 0 aliphatic heterocycles. The van der Waals surface area contributed by atoms with Gasteiger partial charge in [-0.15, -0.1) is 0 Å². The van der Waals surface area contributed by atoms with Crippen LogP contribution in [0.3, 0.4) is 0 Å². The molecule has 1 aromatic rings. The van der Waals surface area contributed by atoms with E-state index >= 15 is 0 Å². The number of benzene rings is 1. The number of rotatable bonds is 4. The molecular formula is C13H18ClNO. The van der Waals surface area contributed by atoms with Crippen molar-refractivity contribution in [1.29, 1.82) is 0 Å². The van der Waals surface area contributed by atoms with Gasteiger partial charge >= 0.3 is 0 Å². The minimum Gasteiger partial charge on any atom is -0.508 e. The molecule has 3 heteroatoms. The molecule has 88 valence electrons. The maximum absolute atomic E-state index is 9.66. The van der Waals surface area contributed by atoms with Crippen molar-refractivity contribution in [1.82, 2.24) is 5.32 Å². The minimum absolute atomic E-state index is 0.317. The van der Waals surface area contributed by atoms with Crippen LogP contribution in [0.25, 0.3) is 0 Å². The van der Waals surface area contributed by atoms with E-state index in [1.54, 1.807) is 12.1 Å². The normalized spacial score (nSPS) is 18.1. The molecule has 1 aliphatic carbocycles. The minimum atomic E-state index is 0.317. The van der Waals surface area contributed by atoms with Gasteiger partial charge in [-0.3, -0.25) is 0 Å². The quantitative estimate of drug-likeness (QED) is 0.845. The lowest BCUT2D eigenvalue weighted by Crippen LogP contribution is -2.36. The van der Waals surface area contributed by atoms with Crippen LogP contribution in [0.1, 0.15) is 31.7 Å². The summed E-state index contributed by atoms with van der Waals surface area (Å²) < 4.78 is 0. The lowest BCUT2D eigenvalue weighted by molar-refractivity contribution is 0.239. The first kappa shape index (κ1) is 11.7. The van der Waals surface area contributed by atoms with E-state index in [0.717, 1.165) is 11.5 Å². The number of halogens is 1. The van der Waals surface area contributed by atoms with Crippen LogP contribution in [0, 0.1) is 5.92 Å². The van der Waals surface area contributed by atoms with Crippen LogP contribution in [0.2, 0.25) is 5.02 Å². The van der Waals surface area contributed by atoms with Crippen molar-refractivity contribution >= 4 is 11.6 Å². The SMILES string of the molecule is CC(NCc1cc(Cl)ccc1O)C1CCC1. The number of hydrogen-bond acceptors (Lipinski definition) is 2. The van der Waals surface area contributed by atoms with Crippen molar-refractivity contribution in [3.63, 3.8) is 0 Å². The standard InChI is InChI=1S/C13H18ClNO/c1-9(10-3-2-4-10)15-8-11-7-12(14)5-6-13(11)16/h5-7,9-10,15-16H,2-4,8H2,1H3. The smallest absolute Gasteiger partial charge is 0.120 e. The Hall–Kier alpha value is -0.730. The molecule has 2 N–H and O–H groups in total. The molecule has 1 aromatic carbocycles. The van der Waals surface area contributed by atoms with E-state index in [0.29, 0.717) is 23.4 Å². The van der Waals surface area contributed by atoms with Gasteiger partial charge in [-0.1, -0.05) is 18.0 Å². The van der Waals surface area contributed by atoms with Crippen LogP contribution in [-0.2, 0) is 6.54 Å². The molecule has 1 saturated carbocycles.